The van der Waals surface area contributed by atoms with Crippen molar-refractivity contribution in [2.45, 2.75) is 52.5 Å². The predicted molar refractivity (Wildman–Crippen MR) is 88.0 cm³/mol. The van der Waals surface area contributed by atoms with E-state index in [9.17, 15) is 0 Å². The van der Waals surface area contributed by atoms with Crippen LogP contribution in [0.15, 0.2) is 24.3 Å². The smallest absolute Gasteiger partial charge is 0.0478 e. The van der Waals surface area contributed by atoms with Crippen molar-refractivity contribution in [2.75, 3.05) is 5.32 Å². The highest BCUT2D eigenvalue weighted by Crippen LogP contribution is 2.38. The molecule has 2 rings (SSSR count). The van der Waals surface area contributed by atoms with Gasteiger partial charge in [0.2, 0.25) is 0 Å². The third-order valence-electron chi connectivity index (χ3n) is 4.19. The van der Waals surface area contributed by atoms with Crippen LogP contribution < -0.4 is 5.32 Å². The van der Waals surface area contributed by atoms with Crippen LogP contribution in [0.3, 0.4) is 0 Å². The summed E-state index contributed by atoms with van der Waals surface area (Å²) in [6.07, 6.45) is 5.36. The van der Waals surface area contributed by atoms with E-state index in [-0.39, 0.29) is 0 Å². The highest BCUT2D eigenvalue weighted by Gasteiger charge is 2.29. The fourth-order valence-corrected chi connectivity index (χ4v) is 3.45. The van der Waals surface area contributed by atoms with Gasteiger partial charge in [-0.3, -0.25) is 0 Å². The second-order valence-electron chi connectivity index (χ2n) is 6.54. The summed E-state index contributed by atoms with van der Waals surface area (Å²) in [6.45, 7) is 7.14. The fraction of sp³-hybridized carbons (Fsp3) is 0.625. The van der Waals surface area contributed by atoms with Gasteiger partial charge in [-0.2, -0.15) is 0 Å². The Labute approximate surface area is 125 Å². The highest BCUT2D eigenvalue weighted by atomic mass is 127. The van der Waals surface area contributed by atoms with Gasteiger partial charge >= 0.3 is 0 Å². The molecule has 0 aliphatic heterocycles. The molecule has 1 aromatic rings. The van der Waals surface area contributed by atoms with Gasteiger partial charge in [-0.1, -0.05) is 32.9 Å². The van der Waals surface area contributed by atoms with Gasteiger partial charge in [0, 0.05) is 15.3 Å². The van der Waals surface area contributed by atoms with Crippen molar-refractivity contribution < 1.29 is 0 Å². The molecule has 0 unspecified atom stereocenters. The molecule has 0 aromatic heterocycles. The van der Waals surface area contributed by atoms with Crippen molar-refractivity contribution in [2.24, 2.45) is 11.3 Å². The number of anilines is 1. The molecule has 1 fully saturated rings. The number of hydrogen-bond donors (Lipinski definition) is 1. The van der Waals surface area contributed by atoms with E-state index >= 15 is 0 Å². The van der Waals surface area contributed by atoms with Crippen LogP contribution in [0.1, 0.15) is 46.5 Å². The molecule has 1 nitrogen and oxygen atoms in total. The van der Waals surface area contributed by atoms with E-state index in [1.54, 1.807) is 0 Å². The molecule has 0 spiro atoms. The van der Waals surface area contributed by atoms with Gasteiger partial charge < -0.3 is 5.32 Å². The van der Waals surface area contributed by atoms with Crippen LogP contribution >= 0.6 is 22.6 Å². The third-order valence-corrected chi connectivity index (χ3v) is 5.13. The molecule has 1 aromatic carbocycles. The number of para-hydroxylation sites is 1. The summed E-state index contributed by atoms with van der Waals surface area (Å²) in [7, 11) is 0. The van der Waals surface area contributed by atoms with Crippen LogP contribution in [-0.4, -0.2) is 6.04 Å². The summed E-state index contributed by atoms with van der Waals surface area (Å²) in [5.74, 6) is 0.894. The molecule has 0 bridgehead atoms. The minimum atomic E-state index is 0.478. The van der Waals surface area contributed by atoms with Gasteiger partial charge in [0.15, 0.2) is 0 Å². The van der Waals surface area contributed by atoms with Crippen LogP contribution in [0.25, 0.3) is 0 Å². The molecule has 18 heavy (non-hydrogen) atoms. The third kappa shape index (κ3) is 3.62. The molecule has 1 aliphatic rings. The molecule has 2 heteroatoms. The molecular formula is C16H24IN. The van der Waals surface area contributed by atoms with Gasteiger partial charge in [-0.15, -0.1) is 0 Å². The molecular weight excluding hydrogens is 333 g/mol. The number of halogens is 1. The second kappa shape index (κ2) is 5.81. The van der Waals surface area contributed by atoms with E-state index in [0.717, 1.165) is 5.92 Å². The average molecular weight is 357 g/mol. The molecule has 0 amide bonds. The van der Waals surface area contributed by atoms with Crippen LogP contribution in [0.5, 0.6) is 0 Å². The van der Waals surface area contributed by atoms with Gasteiger partial charge in [-0.25, -0.2) is 0 Å². The van der Waals surface area contributed by atoms with E-state index in [1.165, 1.54) is 34.9 Å². The van der Waals surface area contributed by atoms with Crippen molar-refractivity contribution in [1.29, 1.82) is 0 Å². The number of rotatable bonds is 2. The first-order chi connectivity index (χ1) is 8.47. The number of nitrogens with one attached hydrogen (secondary N) is 1. The molecule has 0 atom stereocenters. The standard InChI is InChI=1S/C16H24IN/c1-16(2,3)12-8-10-13(11-9-12)18-15-7-5-4-6-14(15)17/h4-7,12-13,18H,8-11H2,1-3H3. The maximum absolute atomic E-state index is 3.71. The summed E-state index contributed by atoms with van der Waals surface area (Å²) in [4.78, 5) is 0. The lowest BCUT2D eigenvalue weighted by molar-refractivity contribution is 0.173. The minimum absolute atomic E-state index is 0.478. The van der Waals surface area contributed by atoms with Crippen molar-refractivity contribution >= 4 is 28.3 Å². The van der Waals surface area contributed by atoms with E-state index in [0.29, 0.717) is 11.5 Å². The van der Waals surface area contributed by atoms with E-state index in [2.05, 4.69) is 72.9 Å². The van der Waals surface area contributed by atoms with Crippen molar-refractivity contribution in [3.8, 4) is 0 Å². The van der Waals surface area contributed by atoms with E-state index in [4.69, 9.17) is 0 Å². The Morgan fingerprint density at radius 2 is 1.67 bits per heavy atom. The zero-order valence-electron chi connectivity index (χ0n) is 11.7. The predicted octanol–water partition coefficient (Wildman–Crippen LogP) is 5.31. The summed E-state index contributed by atoms with van der Waals surface area (Å²) in [6, 6.07) is 9.25. The Balaban J connectivity index is 1.90. The lowest BCUT2D eigenvalue weighted by Gasteiger charge is -2.37. The van der Waals surface area contributed by atoms with Gasteiger partial charge in [0.05, 0.1) is 0 Å². The largest absolute Gasteiger partial charge is 0.381 e. The first-order valence-electron chi connectivity index (χ1n) is 6.98. The summed E-state index contributed by atoms with van der Waals surface area (Å²) < 4.78 is 1.33. The Morgan fingerprint density at radius 1 is 1.06 bits per heavy atom. The molecule has 0 heterocycles. The summed E-state index contributed by atoms with van der Waals surface area (Å²) in [5.41, 5.74) is 1.78. The number of hydrogen-bond acceptors (Lipinski definition) is 1. The Hall–Kier alpha value is -0.250. The lowest BCUT2D eigenvalue weighted by Crippen LogP contribution is -2.31. The Morgan fingerprint density at radius 3 is 2.22 bits per heavy atom. The zero-order chi connectivity index (χ0) is 13.2. The van der Waals surface area contributed by atoms with Gasteiger partial charge in [-0.05, 0) is 71.7 Å². The maximum Gasteiger partial charge on any atom is 0.0478 e. The fourth-order valence-electron chi connectivity index (χ4n) is 2.90. The SMILES string of the molecule is CC(C)(C)C1CCC(Nc2ccccc2I)CC1. The van der Waals surface area contributed by atoms with Crippen molar-refractivity contribution in [3.63, 3.8) is 0 Å². The summed E-state index contributed by atoms with van der Waals surface area (Å²) >= 11 is 2.41. The van der Waals surface area contributed by atoms with Gasteiger partial charge in [0.1, 0.15) is 0 Å². The Kier molecular flexibility index (Phi) is 4.57. The second-order valence-corrected chi connectivity index (χ2v) is 7.70. The van der Waals surface area contributed by atoms with Crippen LogP contribution in [0.2, 0.25) is 0 Å². The maximum atomic E-state index is 3.71. The van der Waals surface area contributed by atoms with Crippen LogP contribution in [-0.2, 0) is 0 Å². The molecule has 100 valence electrons. The Bertz CT molecular complexity index is 386. The van der Waals surface area contributed by atoms with E-state index < -0.39 is 0 Å². The van der Waals surface area contributed by atoms with E-state index in [1.807, 2.05) is 0 Å². The zero-order valence-corrected chi connectivity index (χ0v) is 13.8. The first kappa shape index (κ1) is 14.2. The molecule has 1 N–H and O–H groups in total. The highest BCUT2D eigenvalue weighted by molar-refractivity contribution is 14.1. The minimum Gasteiger partial charge on any atom is -0.381 e. The monoisotopic (exact) mass is 357 g/mol. The average Bonchev–Trinajstić information content (AvgIpc) is 2.32. The normalized spacial score (nSPS) is 24.9. The lowest BCUT2D eigenvalue weighted by atomic mass is 9.71. The number of benzene rings is 1. The van der Waals surface area contributed by atoms with Crippen LogP contribution in [0, 0.1) is 14.9 Å². The van der Waals surface area contributed by atoms with Crippen LogP contribution in [0.4, 0.5) is 5.69 Å². The van der Waals surface area contributed by atoms with Crippen molar-refractivity contribution in [1.82, 2.24) is 0 Å². The topological polar surface area (TPSA) is 12.0 Å². The van der Waals surface area contributed by atoms with Gasteiger partial charge in [0.25, 0.3) is 0 Å². The molecule has 0 saturated heterocycles. The molecule has 1 aliphatic carbocycles. The molecule has 1 saturated carbocycles. The quantitative estimate of drug-likeness (QED) is 0.708. The summed E-state index contributed by atoms with van der Waals surface area (Å²) in [5, 5.41) is 3.71. The first-order valence-corrected chi connectivity index (χ1v) is 8.06. The van der Waals surface area contributed by atoms with Crippen molar-refractivity contribution in [3.05, 3.63) is 27.8 Å². The molecule has 0 radical (unpaired) electrons.